The number of ether oxygens (including phenoxy) is 2. The molecule has 0 saturated carbocycles. The van der Waals surface area contributed by atoms with Crippen LogP contribution in [-0.2, 0) is 0 Å². The van der Waals surface area contributed by atoms with Crippen LogP contribution in [0.4, 0.5) is 11.4 Å². The van der Waals surface area contributed by atoms with Gasteiger partial charge in [0, 0.05) is 29.2 Å². The van der Waals surface area contributed by atoms with E-state index in [4.69, 9.17) is 28.1 Å². The van der Waals surface area contributed by atoms with Crippen molar-refractivity contribution in [1.82, 2.24) is 4.76 Å². The number of hydrogen-bond donors (Lipinski definition) is 0. The van der Waals surface area contributed by atoms with E-state index in [1.807, 2.05) is 0 Å². The van der Waals surface area contributed by atoms with E-state index in [9.17, 15) is 4.91 Å². The molecule has 0 aliphatic heterocycles. The highest BCUT2D eigenvalue weighted by atomic mass is 35.7. The number of nitrogens with zero attached hydrogens (tertiary/aromatic N) is 1. The van der Waals surface area contributed by atoms with Gasteiger partial charge in [0.05, 0.1) is 19.0 Å². The molecule has 0 aliphatic rings. The van der Waals surface area contributed by atoms with Crippen LogP contribution in [0.2, 0.25) is 0 Å². The van der Waals surface area contributed by atoms with E-state index in [2.05, 4.69) is 0 Å². The fourth-order valence-corrected chi connectivity index (χ4v) is 1.58. The maximum atomic E-state index is 12.1. The van der Waals surface area contributed by atoms with Gasteiger partial charge < -0.3 is 9.47 Å². The zero-order valence-electron chi connectivity index (χ0n) is 12.3. The molecule has 0 unspecified atom stereocenters. The van der Waals surface area contributed by atoms with Crippen LogP contribution in [-0.4, -0.2) is 14.2 Å². The second kappa shape index (κ2) is 8.42. The molecule has 0 radical (unpaired) electrons. The van der Waals surface area contributed by atoms with Crippen LogP contribution in [0.1, 0.15) is 0 Å². The maximum Gasteiger partial charge on any atom is 0.263 e. The second-order valence-corrected chi connectivity index (χ2v) is 4.82. The minimum absolute atomic E-state index is 0.556. The van der Waals surface area contributed by atoms with Gasteiger partial charge in [-0.1, -0.05) is 0 Å². The molecule has 0 amide bonds. The van der Waals surface area contributed by atoms with Crippen molar-refractivity contribution in [1.29, 1.82) is 0 Å². The summed E-state index contributed by atoms with van der Waals surface area (Å²) in [6, 6.07) is 13.9. The lowest BCUT2D eigenvalue weighted by Gasteiger charge is -2.17. The summed E-state index contributed by atoms with van der Waals surface area (Å²) in [5, 5.41) is 0. The normalized spacial score (nSPS) is 10.3. The summed E-state index contributed by atoms with van der Waals surface area (Å²) in [5.41, 5.74) is 1.11. The van der Waals surface area contributed by atoms with E-state index in [1.54, 1.807) is 62.8 Å². The highest BCUT2D eigenvalue weighted by Crippen LogP contribution is 2.24. The summed E-state index contributed by atoms with van der Waals surface area (Å²) < 4.78 is 44.9. The van der Waals surface area contributed by atoms with Gasteiger partial charge in [-0.2, -0.15) is 0 Å². The first kappa shape index (κ1) is 18.8. The Labute approximate surface area is 134 Å². The molecule has 8 nitrogen and oxygen atoms in total. The van der Waals surface area contributed by atoms with E-state index in [0.717, 1.165) is 16.3 Å². The fraction of sp³-hybridized carbons (Fsp3) is 0.143. The van der Waals surface area contributed by atoms with Gasteiger partial charge in [-0.25, -0.2) is 18.6 Å². The lowest BCUT2D eigenvalue weighted by atomic mass is 10.2. The average Bonchev–Trinajstić information content (AvgIpc) is 2.53. The molecular weight excluding hydrogens is 330 g/mol. The SMILES string of the molecule is COc1ccc([N+](=O)c2ccc(OC)cc2)cc1.[O-][Cl+3]([O-])([O-])[O-]. The van der Waals surface area contributed by atoms with Crippen LogP contribution in [0.3, 0.4) is 0 Å². The fourth-order valence-electron chi connectivity index (χ4n) is 1.58. The lowest BCUT2D eigenvalue weighted by molar-refractivity contribution is -2.00. The molecule has 23 heavy (non-hydrogen) atoms. The molecule has 0 atom stereocenters. The Kier molecular flexibility index (Phi) is 6.89. The Hall–Kier alpha value is -2.23. The van der Waals surface area contributed by atoms with E-state index < -0.39 is 10.2 Å². The maximum absolute atomic E-state index is 12.1. The molecule has 0 aromatic heterocycles. The van der Waals surface area contributed by atoms with Crippen LogP contribution in [0.5, 0.6) is 11.5 Å². The second-order valence-electron chi connectivity index (χ2n) is 4.07. The Morgan fingerprint density at radius 3 is 1.22 bits per heavy atom. The highest BCUT2D eigenvalue weighted by molar-refractivity contribution is 5.53. The van der Waals surface area contributed by atoms with Crippen molar-refractivity contribution in [3.63, 3.8) is 0 Å². The van der Waals surface area contributed by atoms with Gasteiger partial charge in [-0.15, -0.1) is 10.2 Å². The third kappa shape index (κ3) is 7.04. The van der Waals surface area contributed by atoms with Crippen LogP contribution in [0.15, 0.2) is 48.5 Å². The van der Waals surface area contributed by atoms with Crippen molar-refractivity contribution in [2.75, 3.05) is 14.2 Å². The zero-order valence-corrected chi connectivity index (χ0v) is 13.1. The van der Waals surface area contributed by atoms with Crippen molar-refractivity contribution in [2.45, 2.75) is 0 Å². The molecule has 9 heteroatoms. The Morgan fingerprint density at radius 1 is 0.739 bits per heavy atom. The standard InChI is InChI=1S/C14H14NO3.ClHO4/c1-17-13-7-3-11(4-8-13)15(16)12-5-9-14(18-2)10-6-12;2-1(3,4)5/h3-10H,1-2H3;(H,2,3,4,5)/q+1;/p-1. The van der Waals surface area contributed by atoms with Gasteiger partial charge >= 0.3 is 0 Å². The summed E-state index contributed by atoms with van der Waals surface area (Å²) in [5.74, 6) is 1.45. The van der Waals surface area contributed by atoms with Crippen LogP contribution >= 0.6 is 0 Å². The van der Waals surface area contributed by atoms with Crippen molar-refractivity contribution in [3.05, 3.63) is 53.4 Å². The summed E-state index contributed by atoms with van der Waals surface area (Å²) >= 11 is 0. The third-order valence-corrected chi connectivity index (χ3v) is 2.61. The van der Waals surface area contributed by atoms with E-state index >= 15 is 0 Å². The number of rotatable bonds is 4. The molecule has 0 heterocycles. The average molecular weight is 344 g/mol. The van der Waals surface area contributed by atoms with E-state index in [0.29, 0.717) is 11.4 Å². The highest BCUT2D eigenvalue weighted by Gasteiger charge is 2.17. The number of hydrogen-bond acceptors (Lipinski definition) is 7. The quantitative estimate of drug-likeness (QED) is 0.620. The first-order valence-electron chi connectivity index (χ1n) is 6.11. The van der Waals surface area contributed by atoms with Crippen molar-refractivity contribution >= 4 is 11.4 Å². The smallest absolute Gasteiger partial charge is 0.263 e. The number of nitroso groups, excluding NO2 is 1. The molecule has 0 saturated heterocycles. The Morgan fingerprint density at radius 2 is 1.00 bits per heavy atom. The summed E-state index contributed by atoms with van der Waals surface area (Å²) in [7, 11) is -1.76. The van der Waals surface area contributed by atoms with Crippen LogP contribution < -0.4 is 32.9 Å². The summed E-state index contributed by atoms with van der Waals surface area (Å²) in [6.07, 6.45) is 0. The minimum atomic E-state index is -4.94. The molecule has 0 bridgehead atoms. The predicted octanol–water partition coefficient (Wildman–Crippen LogP) is -1.45. The van der Waals surface area contributed by atoms with Gasteiger partial charge in [0.25, 0.3) is 11.4 Å². The van der Waals surface area contributed by atoms with Gasteiger partial charge in [-0.05, 0) is 24.3 Å². The topological polar surface area (TPSA) is 131 Å². The van der Waals surface area contributed by atoms with Gasteiger partial charge in [0.15, 0.2) is 0 Å². The van der Waals surface area contributed by atoms with Crippen LogP contribution in [0.25, 0.3) is 0 Å². The number of halogens is 1. The first-order valence-corrected chi connectivity index (χ1v) is 7.35. The largest absolute Gasteiger partial charge is 0.497 e. The van der Waals surface area contributed by atoms with Gasteiger partial charge in [0.2, 0.25) is 0 Å². The molecule has 2 aromatic carbocycles. The van der Waals surface area contributed by atoms with E-state index in [-0.39, 0.29) is 0 Å². The van der Waals surface area contributed by atoms with Gasteiger partial charge in [-0.3, -0.25) is 0 Å². The number of benzene rings is 2. The van der Waals surface area contributed by atoms with Crippen molar-refractivity contribution in [2.24, 2.45) is 0 Å². The number of methoxy groups -OCH3 is 2. The molecule has 2 rings (SSSR count). The summed E-state index contributed by atoms with van der Waals surface area (Å²) in [4.78, 5) is 12.1. The van der Waals surface area contributed by atoms with Gasteiger partial charge in [0.1, 0.15) is 11.5 Å². The molecule has 0 N–H and O–H groups in total. The van der Waals surface area contributed by atoms with Crippen LogP contribution in [0, 0.1) is 15.2 Å². The van der Waals surface area contributed by atoms with Crippen molar-refractivity contribution in [3.8, 4) is 11.5 Å². The molecule has 124 valence electrons. The Balaban J connectivity index is 0.000000463. The molecule has 2 aromatic rings. The minimum Gasteiger partial charge on any atom is -0.497 e. The molecule has 0 fully saturated rings. The summed E-state index contributed by atoms with van der Waals surface area (Å²) in [6.45, 7) is 0. The third-order valence-electron chi connectivity index (χ3n) is 2.61. The molecule has 0 aliphatic carbocycles. The van der Waals surface area contributed by atoms with Crippen molar-refractivity contribution < 1.29 is 38.4 Å². The monoisotopic (exact) mass is 343 g/mol. The predicted molar refractivity (Wildman–Crippen MR) is 70.8 cm³/mol. The lowest BCUT2D eigenvalue weighted by Crippen LogP contribution is -2.68. The van der Waals surface area contributed by atoms with E-state index in [1.165, 1.54) is 0 Å². The molecular formula is C14H14ClNO7. The Bertz CT molecular complexity index is 568. The zero-order chi connectivity index (χ0) is 17.5. The molecule has 0 spiro atoms. The first-order chi connectivity index (χ1) is 10.7.